The van der Waals surface area contributed by atoms with Crippen molar-refractivity contribution in [2.45, 2.75) is 45.9 Å². The van der Waals surface area contributed by atoms with E-state index in [1.807, 2.05) is 25.6 Å². The summed E-state index contributed by atoms with van der Waals surface area (Å²) in [4.78, 5) is 2.23. The zero-order chi connectivity index (χ0) is 15.3. The lowest BCUT2D eigenvalue weighted by Gasteiger charge is -2.28. The molecule has 0 fully saturated rings. The second-order valence-electron chi connectivity index (χ2n) is 5.38. The molecule has 2 atom stereocenters. The van der Waals surface area contributed by atoms with E-state index in [1.165, 1.54) is 0 Å². The van der Waals surface area contributed by atoms with Crippen LogP contribution in [0, 0.1) is 13.8 Å². The van der Waals surface area contributed by atoms with Gasteiger partial charge in [0.2, 0.25) is 0 Å². The molecule has 5 nitrogen and oxygen atoms in total. The molecule has 0 aromatic carbocycles. The highest BCUT2D eigenvalue weighted by Crippen LogP contribution is 2.15. The van der Waals surface area contributed by atoms with Gasteiger partial charge in [-0.25, -0.2) is 0 Å². The smallest absolute Gasteiger partial charge is 0.0862 e. The van der Waals surface area contributed by atoms with E-state index in [-0.39, 0.29) is 0 Å². The third kappa shape index (κ3) is 4.40. The van der Waals surface area contributed by atoms with Gasteiger partial charge in [0, 0.05) is 18.3 Å². The van der Waals surface area contributed by atoms with Crippen LogP contribution in [0.25, 0.3) is 0 Å². The first-order valence-corrected chi connectivity index (χ1v) is 8.46. The number of hydrogen-bond donors (Lipinski definition) is 2. The lowest BCUT2D eigenvalue weighted by molar-refractivity contribution is 0.0906. The van der Waals surface area contributed by atoms with Crippen LogP contribution in [0.5, 0.6) is 0 Å². The third-order valence-electron chi connectivity index (χ3n) is 3.77. The molecule has 0 saturated carbocycles. The molecule has 0 amide bonds. The van der Waals surface area contributed by atoms with Crippen molar-refractivity contribution in [2.24, 2.45) is 0 Å². The van der Waals surface area contributed by atoms with Gasteiger partial charge in [0.1, 0.15) is 0 Å². The van der Waals surface area contributed by atoms with Crippen LogP contribution in [0.3, 0.4) is 0 Å². The molecule has 1 aromatic rings. The first-order chi connectivity index (χ1) is 9.40. The first-order valence-electron chi connectivity index (χ1n) is 7.07. The molecule has 0 bridgehead atoms. The molecule has 1 aromatic heterocycles. The molecule has 0 radical (unpaired) electrons. The predicted molar refractivity (Wildman–Crippen MR) is 87.2 cm³/mol. The van der Waals surface area contributed by atoms with E-state index in [2.05, 4.69) is 30.2 Å². The molecule has 3 N–H and O–H groups in total. The van der Waals surface area contributed by atoms with Gasteiger partial charge in [0.15, 0.2) is 0 Å². The lowest BCUT2D eigenvalue weighted by atomic mass is 10.2. The summed E-state index contributed by atoms with van der Waals surface area (Å²) < 4.78 is 1.80. The number of nitrogens with two attached hydrogens (primary N) is 1. The Hall–Kier alpha value is -0.720. The van der Waals surface area contributed by atoms with Crippen molar-refractivity contribution in [1.29, 1.82) is 0 Å². The van der Waals surface area contributed by atoms with E-state index in [0.717, 1.165) is 29.2 Å². The number of aliphatic hydroxyl groups is 1. The quantitative estimate of drug-likeness (QED) is 0.762. The Morgan fingerprint density at radius 1 is 1.45 bits per heavy atom. The average molecular weight is 300 g/mol. The summed E-state index contributed by atoms with van der Waals surface area (Å²) in [5.74, 6) is 1.09. The van der Waals surface area contributed by atoms with Crippen molar-refractivity contribution in [3.05, 3.63) is 11.4 Å². The summed E-state index contributed by atoms with van der Waals surface area (Å²) >= 11 is 1.84. The molecular formula is C14H28N4OS. The Morgan fingerprint density at radius 2 is 2.10 bits per heavy atom. The number of aromatic nitrogens is 2. The monoisotopic (exact) mass is 300 g/mol. The molecule has 0 spiro atoms. The van der Waals surface area contributed by atoms with Crippen LogP contribution in [-0.2, 0) is 6.54 Å². The van der Waals surface area contributed by atoms with Crippen molar-refractivity contribution >= 4 is 17.4 Å². The average Bonchev–Trinajstić information content (AvgIpc) is 2.63. The van der Waals surface area contributed by atoms with Gasteiger partial charge < -0.3 is 10.8 Å². The van der Waals surface area contributed by atoms with Crippen molar-refractivity contribution in [1.82, 2.24) is 14.7 Å². The molecule has 2 unspecified atom stereocenters. The molecule has 116 valence electrons. The molecule has 1 heterocycles. The second-order valence-corrected chi connectivity index (χ2v) is 6.29. The van der Waals surface area contributed by atoms with E-state index in [4.69, 9.17) is 5.73 Å². The second kappa shape index (κ2) is 7.90. The molecule has 0 aliphatic rings. The maximum absolute atomic E-state index is 10.3. The van der Waals surface area contributed by atoms with Crippen LogP contribution in [0.4, 0.5) is 5.69 Å². The maximum atomic E-state index is 10.3. The standard InChI is InChI=1S/C14H28N4OS/c1-6-12(9-20-5)17(4)7-13(19)8-18-11(3)14(15)10(2)16-18/h12-13,19H,6-9,15H2,1-5H3. The fraction of sp³-hybridized carbons (Fsp3) is 0.786. The van der Waals surface area contributed by atoms with Crippen LogP contribution in [0.1, 0.15) is 24.7 Å². The van der Waals surface area contributed by atoms with E-state index < -0.39 is 6.10 Å². The van der Waals surface area contributed by atoms with Crippen LogP contribution in [0.15, 0.2) is 0 Å². The molecule has 0 saturated heterocycles. The van der Waals surface area contributed by atoms with E-state index in [9.17, 15) is 5.11 Å². The molecular weight excluding hydrogens is 272 g/mol. The van der Waals surface area contributed by atoms with E-state index in [1.54, 1.807) is 4.68 Å². The van der Waals surface area contributed by atoms with Gasteiger partial charge >= 0.3 is 0 Å². The van der Waals surface area contributed by atoms with Crippen molar-refractivity contribution in [3.63, 3.8) is 0 Å². The Balaban J connectivity index is 2.58. The Bertz CT molecular complexity index is 422. The predicted octanol–water partition coefficient (Wildman–Crippen LogP) is 1.52. The van der Waals surface area contributed by atoms with Crippen LogP contribution >= 0.6 is 11.8 Å². The van der Waals surface area contributed by atoms with Gasteiger partial charge in [-0.1, -0.05) is 6.92 Å². The summed E-state index contributed by atoms with van der Waals surface area (Å²) in [7, 11) is 2.07. The minimum Gasteiger partial charge on any atom is -0.396 e. The Morgan fingerprint density at radius 3 is 2.55 bits per heavy atom. The summed E-state index contributed by atoms with van der Waals surface area (Å²) in [5.41, 5.74) is 8.39. The fourth-order valence-corrected chi connectivity index (χ4v) is 3.25. The summed E-state index contributed by atoms with van der Waals surface area (Å²) in [6.07, 6.45) is 2.77. The molecule has 6 heteroatoms. The van der Waals surface area contributed by atoms with E-state index >= 15 is 0 Å². The summed E-state index contributed by atoms with van der Waals surface area (Å²) in [6.45, 7) is 7.16. The van der Waals surface area contributed by atoms with Gasteiger partial charge in [-0.3, -0.25) is 9.58 Å². The highest BCUT2D eigenvalue weighted by atomic mass is 32.2. The van der Waals surface area contributed by atoms with Gasteiger partial charge in [0.25, 0.3) is 0 Å². The number of thioether (sulfide) groups is 1. The van der Waals surface area contributed by atoms with Crippen molar-refractivity contribution in [3.8, 4) is 0 Å². The molecule has 0 aliphatic heterocycles. The van der Waals surface area contributed by atoms with Crippen molar-refractivity contribution < 1.29 is 5.11 Å². The minimum absolute atomic E-state index is 0.437. The number of aliphatic hydroxyl groups excluding tert-OH is 1. The number of nitrogen functional groups attached to an aromatic ring is 1. The van der Waals surface area contributed by atoms with Gasteiger partial charge in [-0.2, -0.15) is 16.9 Å². The number of anilines is 1. The SMILES string of the molecule is CCC(CSC)N(C)CC(O)Cn1nc(C)c(N)c1C. The van der Waals surface area contributed by atoms with Crippen LogP contribution in [-0.4, -0.2) is 57.5 Å². The Labute approximate surface area is 126 Å². The summed E-state index contributed by atoms with van der Waals surface area (Å²) in [5, 5.41) is 14.6. The first kappa shape index (κ1) is 17.3. The largest absolute Gasteiger partial charge is 0.396 e. The summed E-state index contributed by atoms with van der Waals surface area (Å²) in [6, 6.07) is 0.505. The van der Waals surface area contributed by atoms with Gasteiger partial charge in [-0.05, 0) is 33.6 Å². The van der Waals surface area contributed by atoms with Crippen molar-refractivity contribution in [2.75, 3.05) is 31.3 Å². The highest BCUT2D eigenvalue weighted by Gasteiger charge is 2.18. The topological polar surface area (TPSA) is 67.3 Å². The van der Waals surface area contributed by atoms with Gasteiger partial charge in [-0.15, -0.1) is 0 Å². The zero-order valence-electron chi connectivity index (χ0n) is 13.3. The van der Waals surface area contributed by atoms with Crippen LogP contribution < -0.4 is 5.73 Å². The minimum atomic E-state index is -0.437. The third-order valence-corrected chi connectivity index (χ3v) is 4.49. The number of rotatable bonds is 8. The number of nitrogens with zero attached hydrogens (tertiary/aromatic N) is 3. The van der Waals surface area contributed by atoms with Crippen LogP contribution in [0.2, 0.25) is 0 Å². The maximum Gasteiger partial charge on any atom is 0.0862 e. The number of aryl methyl sites for hydroxylation is 1. The fourth-order valence-electron chi connectivity index (χ4n) is 2.38. The Kier molecular flexibility index (Phi) is 6.85. The highest BCUT2D eigenvalue weighted by molar-refractivity contribution is 7.98. The molecule has 1 rings (SSSR count). The molecule has 20 heavy (non-hydrogen) atoms. The molecule has 0 aliphatic carbocycles. The number of hydrogen-bond acceptors (Lipinski definition) is 5. The van der Waals surface area contributed by atoms with Gasteiger partial charge in [0.05, 0.1) is 29.7 Å². The number of likely N-dealkylation sites (N-methyl/N-ethyl adjacent to an activating group) is 1. The van der Waals surface area contributed by atoms with E-state index in [0.29, 0.717) is 19.1 Å². The zero-order valence-corrected chi connectivity index (χ0v) is 14.1. The normalized spacial score (nSPS) is 14.8. The lowest BCUT2D eigenvalue weighted by Crippen LogP contribution is -2.40.